The van der Waals surface area contributed by atoms with Crippen molar-refractivity contribution in [3.63, 3.8) is 0 Å². The first-order chi connectivity index (χ1) is 7.56. The molecule has 0 aliphatic carbocycles. The second-order valence-electron chi connectivity index (χ2n) is 5.43. The van der Waals surface area contributed by atoms with Crippen LogP contribution in [-0.4, -0.2) is 6.29 Å². The molecule has 0 amide bonds. The van der Waals surface area contributed by atoms with E-state index >= 15 is 0 Å². The lowest BCUT2D eigenvalue weighted by molar-refractivity contribution is 0.427. The molecule has 0 bridgehead atoms. The molecule has 0 saturated carbocycles. The van der Waals surface area contributed by atoms with Crippen LogP contribution in [0.3, 0.4) is 0 Å². The first-order valence-corrected chi connectivity index (χ1v) is 6.59. The van der Waals surface area contributed by atoms with Crippen molar-refractivity contribution in [3.05, 3.63) is 11.6 Å². The van der Waals surface area contributed by atoms with E-state index in [1.165, 1.54) is 32.1 Å². The lowest BCUT2D eigenvalue weighted by atomic mass is 9.94. The van der Waals surface area contributed by atoms with Gasteiger partial charge in [-0.05, 0) is 37.7 Å². The summed E-state index contributed by atoms with van der Waals surface area (Å²) in [6, 6.07) is 0. The maximum atomic E-state index is 10.1. The van der Waals surface area contributed by atoms with Crippen molar-refractivity contribution in [1.29, 1.82) is 0 Å². The van der Waals surface area contributed by atoms with Crippen molar-refractivity contribution in [1.82, 2.24) is 0 Å². The zero-order valence-electron chi connectivity index (χ0n) is 11.4. The smallest absolute Gasteiger partial charge is 0.225 e. The van der Waals surface area contributed by atoms with Gasteiger partial charge in [0, 0.05) is 0 Å². The molecule has 0 aliphatic rings. The van der Waals surface area contributed by atoms with Gasteiger partial charge in [-0.2, -0.15) is 0 Å². The number of carbonyl (C=O) groups excluding carboxylic acids is 1. The van der Waals surface area contributed by atoms with Crippen molar-refractivity contribution in [2.75, 3.05) is 0 Å². The maximum Gasteiger partial charge on any atom is 0.225 e. The Kier molecular flexibility index (Phi) is 9.27. The zero-order valence-corrected chi connectivity index (χ0v) is 11.4. The Balaban J connectivity index is 3.46. The van der Waals surface area contributed by atoms with Crippen LogP contribution >= 0.6 is 0 Å². The number of rotatable bonds is 9. The molecule has 1 heteroatoms. The van der Waals surface area contributed by atoms with Crippen LogP contribution in [0.5, 0.6) is 0 Å². The second kappa shape index (κ2) is 9.62. The third-order valence-corrected chi connectivity index (χ3v) is 3.05. The third kappa shape index (κ3) is 9.95. The van der Waals surface area contributed by atoms with E-state index in [1.54, 1.807) is 6.08 Å². The van der Waals surface area contributed by atoms with Crippen LogP contribution in [-0.2, 0) is 4.79 Å². The molecule has 93 valence electrons. The highest BCUT2D eigenvalue weighted by Gasteiger charge is 2.03. The molecule has 0 aromatic heterocycles. The predicted octanol–water partition coefficient (Wildman–Crippen LogP) is 4.68. The van der Waals surface area contributed by atoms with Crippen LogP contribution in [0.25, 0.3) is 0 Å². The molecule has 1 unspecified atom stereocenters. The minimum absolute atomic E-state index is 0.826. The standard InChI is InChI=1S/C15H27O/c1-13(2)7-5-8-14(3)9-6-10-15(4)11-12-16/h11,13-14H,5-10H2,1-4H3/b15-11+. The predicted molar refractivity (Wildman–Crippen MR) is 71.2 cm³/mol. The Morgan fingerprint density at radius 3 is 2.31 bits per heavy atom. The Morgan fingerprint density at radius 1 is 1.12 bits per heavy atom. The van der Waals surface area contributed by atoms with Crippen molar-refractivity contribution < 1.29 is 4.79 Å². The van der Waals surface area contributed by atoms with E-state index < -0.39 is 0 Å². The molecule has 0 aliphatic heterocycles. The minimum Gasteiger partial charge on any atom is -0.286 e. The second-order valence-corrected chi connectivity index (χ2v) is 5.43. The van der Waals surface area contributed by atoms with Gasteiger partial charge in [0.2, 0.25) is 6.29 Å². The number of allylic oxidation sites excluding steroid dienone is 2. The van der Waals surface area contributed by atoms with Crippen molar-refractivity contribution in [2.24, 2.45) is 11.8 Å². The van der Waals surface area contributed by atoms with Crippen LogP contribution in [0.15, 0.2) is 11.6 Å². The van der Waals surface area contributed by atoms with Gasteiger partial charge in [0.25, 0.3) is 0 Å². The summed E-state index contributed by atoms with van der Waals surface area (Å²) < 4.78 is 0. The molecule has 0 fully saturated rings. The molecular formula is C15H27O. The van der Waals surface area contributed by atoms with Gasteiger partial charge >= 0.3 is 0 Å². The molecular weight excluding hydrogens is 196 g/mol. The fourth-order valence-corrected chi connectivity index (χ4v) is 1.92. The Hall–Kier alpha value is -0.590. The molecule has 1 nitrogen and oxygen atoms in total. The summed E-state index contributed by atoms with van der Waals surface area (Å²) in [7, 11) is 0. The molecule has 0 heterocycles. The summed E-state index contributed by atoms with van der Waals surface area (Å²) >= 11 is 0. The van der Waals surface area contributed by atoms with E-state index in [-0.39, 0.29) is 0 Å². The molecule has 16 heavy (non-hydrogen) atoms. The van der Waals surface area contributed by atoms with Crippen molar-refractivity contribution in [2.45, 2.75) is 66.2 Å². The maximum absolute atomic E-state index is 10.1. The van der Waals surface area contributed by atoms with Crippen molar-refractivity contribution in [3.8, 4) is 0 Å². The van der Waals surface area contributed by atoms with E-state index in [4.69, 9.17) is 0 Å². The first-order valence-electron chi connectivity index (χ1n) is 6.59. The quantitative estimate of drug-likeness (QED) is 0.519. The van der Waals surface area contributed by atoms with Crippen molar-refractivity contribution >= 4 is 6.29 Å². The Bertz CT molecular complexity index is 203. The summed E-state index contributed by atoms with van der Waals surface area (Å²) in [6.45, 7) is 8.92. The molecule has 1 atom stereocenters. The van der Waals surface area contributed by atoms with Crippen LogP contribution in [0.1, 0.15) is 66.2 Å². The normalized spacial score (nSPS) is 14.2. The fourth-order valence-electron chi connectivity index (χ4n) is 1.92. The van der Waals surface area contributed by atoms with Crippen LogP contribution in [0, 0.1) is 11.8 Å². The zero-order chi connectivity index (χ0) is 12.4. The van der Waals surface area contributed by atoms with Crippen LogP contribution < -0.4 is 0 Å². The van der Waals surface area contributed by atoms with Crippen LogP contribution in [0.2, 0.25) is 0 Å². The largest absolute Gasteiger partial charge is 0.286 e. The lowest BCUT2D eigenvalue weighted by Crippen LogP contribution is -1.97. The van der Waals surface area contributed by atoms with E-state index in [0.717, 1.165) is 23.8 Å². The monoisotopic (exact) mass is 223 g/mol. The van der Waals surface area contributed by atoms with Gasteiger partial charge in [-0.25, -0.2) is 0 Å². The fraction of sp³-hybridized carbons (Fsp3) is 0.800. The lowest BCUT2D eigenvalue weighted by Gasteiger charge is -2.12. The summed E-state index contributed by atoms with van der Waals surface area (Å²) in [5, 5.41) is 0. The van der Waals surface area contributed by atoms with E-state index in [9.17, 15) is 4.79 Å². The van der Waals surface area contributed by atoms with E-state index in [2.05, 4.69) is 20.8 Å². The molecule has 0 spiro atoms. The van der Waals surface area contributed by atoms with Gasteiger partial charge < -0.3 is 0 Å². The van der Waals surface area contributed by atoms with Gasteiger partial charge in [0.15, 0.2) is 0 Å². The molecule has 0 aromatic carbocycles. The van der Waals surface area contributed by atoms with Gasteiger partial charge in [-0.15, -0.1) is 0 Å². The SMILES string of the molecule is C/C(=C\[C]=O)CCCC(C)CCCC(C)C. The number of hydrogen-bond acceptors (Lipinski definition) is 1. The number of hydrogen-bond donors (Lipinski definition) is 0. The van der Waals surface area contributed by atoms with E-state index in [1.807, 2.05) is 13.2 Å². The summed E-state index contributed by atoms with van der Waals surface area (Å²) in [5.74, 6) is 1.66. The topological polar surface area (TPSA) is 17.1 Å². The summed E-state index contributed by atoms with van der Waals surface area (Å²) in [6.07, 6.45) is 11.0. The highest BCUT2D eigenvalue weighted by atomic mass is 16.1. The highest BCUT2D eigenvalue weighted by Crippen LogP contribution is 2.18. The van der Waals surface area contributed by atoms with Crippen LogP contribution in [0.4, 0.5) is 0 Å². The molecule has 0 saturated heterocycles. The van der Waals surface area contributed by atoms with E-state index in [0.29, 0.717) is 0 Å². The Labute approximate surface area is 101 Å². The third-order valence-electron chi connectivity index (χ3n) is 3.05. The average molecular weight is 223 g/mol. The summed E-state index contributed by atoms with van der Waals surface area (Å²) in [4.78, 5) is 10.1. The van der Waals surface area contributed by atoms with Gasteiger partial charge in [0.1, 0.15) is 0 Å². The highest BCUT2D eigenvalue weighted by molar-refractivity contribution is 5.66. The first kappa shape index (κ1) is 15.4. The Morgan fingerprint density at radius 2 is 1.75 bits per heavy atom. The molecule has 0 rings (SSSR count). The molecule has 1 radical (unpaired) electrons. The van der Waals surface area contributed by atoms with Gasteiger partial charge in [-0.1, -0.05) is 52.0 Å². The minimum atomic E-state index is 0.826. The molecule has 0 N–H and O–H groups in total. The van der Waals surface area contributed by atoms with Gasteiger partial charge in [0.05, 0.1) is 0 Å². The molecule has 0 aromatic rings. The average Bonchev–Trinajstić information content (AvgIpc) is 2.17. The summed E-state index contributed by atoms with van der Waals surface area (Å²) in [5.41, 5.74) is 1.16. The van der Waals surface area contributed by atoms with Gasteiger partial charge in [-0.3, -0.25) is 4.79 Å².